The third-order valence-electron chi connectivity index (χ3n) is 3.40. The van der Waals surface area contributed by atoms with Gasteiger partial charge in [0.25, 0.3) is 0 Å². The number of fused-ring (bicyclic) bond motifs is 1. The van der Waals surface area contributed by atoms with E-state index in [2.05, 4.69) is 25.1 Å². The fourth-order valence-electron chi connectivity index (χ4n) is 2.67. The average molecular weight is 219 g/mol. The van der Waals surface area contributed by atoms with E-state index in [0.29, 0.717) is 12.0 Å². The molecule has 0 aromatic heterocycles. The van der Waals surface area contributed by atoms with E-state index in [1.165, 1.54) is 24.0 Å². The molecule has 16 heavy (non-hydrogen) atoms. The summed E-state index contributed by atoms with van der Waals surface area (Å²) in [5, 5.41) is 0. The molecule has 1 aliphatic rings. The Balaban J connectivity index is 2.27. The highest BCUT2D eigenvalue weighted by Crippen LogP contribution is 2.37. The number of ether oxygens (including phenoxy) is 1. The molecule has 0 amide bonds. The molecular weight excluding hydrogens is 198 g/mol. The van der Waals surface area contributed by atoms with E-state index in [9.17, 15) is 0 Å². The fourth-order valence-corrected chi connectivity index (χ4v) is 2.67. The Kier molecular flexibility index (Phi) is 3.49. The second-order valence-corrected chi connectivity index (χ2v) is 4.56. The smallest absolute Gasteiger partial charge is 0.119 e. The van der Waals surface area contributed by atoms with E-state index in [0.717, 1.165) is 18.8 Å². The molecule has 1 aromatic rings. The standard InChI is InChI=1S/C14H21NO/c1-3-5-12-13-9-11(16-4-2)7-6-10(13)8-14(12)15/h6-7,9,12,14H,3-5,8,15H2,1-2H3. The fraction of sp³-hybridized carbons (Fsp3) is 0.571. The highest BCUT2D eigenvalue weighted by molar-refractivity contribution is 5.43. The molecule has 0 heterocycles. The Morgan fingerprint density at radius 3 is 2.88 bits per heavy atom. The molecule has 1 aliphatic carbocycles. The van der Waals surface area contributed by atoms with Crippen molar-refractivity contribution in [3.05, 3.63) is 29.3 Å². The van der Waals surface area contributed by atoms with Crippen LogP contribution in [0.3, 0.4) is 0 Å². The highest BCUT2D eigenvalue weighted by atomic mass is 16.5. The number of hydrogen-bond donors (Lipinski definition) is 1. The van der Waals surface area contributed by atoms with Gasteiger partial charge in [-0.2, -0.15) is 0 Å². The summed E-state index contributed by atoms with van der Waals surface area (Å²) in [4.78, 5) is 0. The van der Waals surface area contributed by atoms with E-state index >= 15 is 0 Å². The lowest BCUT2D eigenvalue weighted by atomic mass is 9.94. The first-order chi connectivity index (χ1) is 7.76. The first kappa shape index (κ1) is 11.5. The van der Waals surface area contributed by atoms with E-state index < -0.39 is 0 Å². The first-order valence-electron chi connectivity index (χ1n) is 6.27. The molecule has 2 N–H and O–H groups in total. The molecule has 0 spiro atoms. The van der Waals surface area contributed by atoms with Crippen LogP contribution in [0.5, 0.6) is 5.75 Å². The molecular formula is C14H21NO. The molecule has 0 fully saturated rings. The molecule has 1 aromatic carbocycles. The van der Waals surface area contributed by atoms with Gasteiger partial charge in [-0.25, -0.2) is 0 Å². The summed E-state index contributed by atoms with van der Waals surface area (Å²) in [6, 6.07) is 6.72. The SMILES string of the molecule is CCCC1c2cc(OCC)ccc2CC1N. The summed E-state index contributed by atoms with van der Waals surface area (Å²) in [6.07, 6.45) is 3.40. The van der Waals surface area contributed by atoms with Crippen LogP contribution in [0.15, 0.2) is 18.2 Å². The summed E-state index contributed by atoms with van der Waals surface area (Å²) in [5.41, 5.74) is 9.03. The number of hydrogen-bond acceptors (Lipinski definition) is 2. The van der Waals surface area contributed by atoms with E-state index in [4.69, 9.17) is 10.5 Å². The van der Waals surface area contributed by atoms with Gasteiger partial charge in [0.1, 0.15) is 5.75 Å². The lowest BCUT2D eigenvalue weighted by Gasteiger charge is -2.16. The lowest BCUT2D eigenvalue weighted by Crippen LogP contribution is -2.24. The van der Waals surface area contributed by atoms with Gasteiger partial charge in [-0.15, -0.1) is 0 Å². The van der Waals surface area contributed by atoms with Crippen LogP contribution < -0.4 is 10.5 Å². The van der Waals surface area contributed by atoms with Crippen LogP contribution in [0.1, 0.15) is 43.7 Å². The quantitative estimate of drug-likeness (QED) is 0.845. The van der Waals surface area contributed by atoms with Crippen molar-refractivity contribution in [2.75, 3.05) is 6.61 Å². The van der Waals surface area contributed by atoms with Crippen molar-refractivity contribution in [3.8, 4) is 5.75 Å². The van der Waals surface area contributed by atoms with Crippen molar-refractivity contribution in [2.45, 2.75) is 45.1 Å². The maximum absolute atomic E-state index is 6.20. The van der Waals surface area contributed by atoms with Gasteiger partial charge in [0.2, 0.25) is 0 Å². The zero-order valence-corrected chi connectivity index (χ0v) is 10.2. The highest BCUT2D eigenvalue weighted by Gasteiger charge is 2.29. The Bertz CT molecular complexity index is 362. The third kappa shape index (κ3) is 2.07. The van der Waals surface area contributed by atoms with Gasteiger partial charge in [0.15, 0.2) is 0 Å². The van der Waals surface area contributed by atoms with Gasteiger partial charge < -0.3 is 10.5 Å². The monoisotopic (exact) mass is 219 g/mol. The summed E-state index contributed by atoms with van der Waals surface area (Å²) >= 11 is 0. The molecule has 2 atom stereocenters. The Morgan fingerprint density at radius 2 is 2.19 bits per heavy atom. The maximum atomic E-state index is 6.20. The van der Waals surface area contributed by atoms with Crippen molar-refractivity contribution >= 4 is 0 Å². The van der Waals surface area contributed by atoms with Crippen LogP contribution in [-0.4, -0.2) is 12.6 Å². The molecule has 88 valence electrons. The molecule has 0 bridgehead atoms. The number of rotatable bonds is 4. The van der Waals surface area contributed by atoms with Crippen molar-refractivity contribution in [1.82, 2.24) is 0 Å². The summed E-state index contributed by atoms with van der Waals surface area (Å²) in [6.45, 7) is 4.96. The Hall–Kier alpha value is -1.02. The van der Waals surface area contributed by atoms with Gasteiger partial charge in [0.05, 0.1) is 6.61 Å². The molecule has 2 nitrogen and oxygen atoms in total. The second kappa shape index (κ2) is 4.88. The average Bonchev–Trinajstić information content (AvgIpc) is 2.57. The first-order valence-corrected chi connectivity index (χ1v) is 6.27. The lowest BCUT2D eigenvalue weighted by molar-refractivity contribution is 0.339. The van der Waals surface area contributed by atoms with Crippen molar-refractivity contribution < 1.29 is 4.74 Å². The van der Waals surface area contributed by atoms with E-state index in [-0.39, 0.29) is 0 Å². The second-order valence-electron chi connectivity index (χ2n) is 4.56. The van der Waals surface area contributed by atoms with Gasteiger partial charge >= 0.3 is 0 Å². The van der Waals surface area contributed by atoms with Crippen LogP contribution in [-0.2, 0) is 6.42 Å². The van der Waals surface area contributed by atoms with Crippen LogP contribution in [0.4, 0.5) is 0 Å². The van der Waals surface area contributed by atoms with E-state index in [1.807, 2.05) is 6.92 Å². The van der Waals surface area contributed by atoms with Crippen molar-refractivity contribution in [2.24, 2.45) is 5.73 Å². The van der Waals surface area contributed by atoms with Gasteiger partial charge in [-0.3, -0.25) is 0 Å². The summed E-state index contributed by atoms with van der Waals surface area (Å²) < 4.78 is 5.55. The summed E-state index contributed by atoms with van der Waals surface area (Å²) in [7, 11) is 0. The minimum absolute atomic E-state index is 0.298. The van der Waals surface area contributed by atoms with Crippen LogP contribution in [0, 0.1) is 0 Å². The Morgan fingerprint density at radius 1 is 1.38 bits per heavy atom. The Labute approximate surface area is 97.8 Å². The van der Waals surface area contributed by atoms with Gasteiger partial charge in [0, 0.05) is 6.04 Å². The third-order valence-corrected chi connectivity index (χ3v) is 3.40. The molecule has 2 heteroatoms. The topological polar surface area (TPSA) is 35.2 Å². The number of nitrogens with two attached hydrogens (primary N) is 1. The number of benzene rings is 1. The maximum Gasteiger partial charge on any atom is 0.119 e. The van der Waals surface area contributed by atoms with Crippen LogP contribution in [0.25, 0.3) is 0 Å². The molecule has 0 aliphatic heterocycles. The predicted octanol–water partition coefficient (Wildman–Crippen LogP) is 2.85. The molecule has 0 saturated heterocycles. The van der Waals surface area contributed by atoms with Crippen molar-refractivity contribution in [3.63, 3.8) is 0 Å². The van der Waals surface area contributed by atoms with Crippen LogP contribution >= 0.6 is 0 Å². The van der Waals surface area contributed by atoms with Crippen LogP contribution in [0.2, 0.25) is 0 Å². The van der Waals surface area contributed by atoms with E-state index in [1.54, 1.807) is 0 Å². The molecule has 0 saturated carbocycles. The zero-order chi connectivity index (χ0) is 11.5. The van der Waals surface area contributed by atoms with Crippen molar-refractivity contribution in [1.29, 1.82) is 0 Å². The largest absolute Gasteiger partial charge is 0.494 e. The minimum atomic E-state index is 0.298. The molecule has 2 unspecified atom stereocenters. The normalized spacial score (nSPS) is 23.2. The molecule has 2 rings (SSSR count). The minimum Gasteiger partial charge on any atom is -0.494 e. The van der Waals surface area contributed by atoms with Gasteiger partial charge in [-0.1, -0.05) is 19.4 Å². The summed E-state index contributed by atoms with van der Waals surface area (Å²) in [5.74, 6) is 1.51. The zero-order valence-electron chi connectivity index (χ0n) is 10.2. The predicted molar refractivity (Wildman–Crippen MR) is 66.9 cm³/mol. The van der Waals surface area contributed by atoms with Gasteiger partial charge in [-0.05, 0) is 48.9 Å². The molecule has 0 radical (unpaired) electrons.